The lowest BCUT2D eigenvalue weighted by Crippen LogP contribution is -2.42. The molecule has 146 valence electrons. The lowest BCUT2D eigenvalue weighted by Gasteiger charge is -2.27. The second-order valence-corrected chi connectivity index (χ2v) is 7.93. The summed E-state index contributed by atoms with van der Waals surface area (Å²) in [5.41, 5.74) is 1.14. The summed E-state index contributed by atoms with van der Waals surface area (Å²) in [6.45, 7) is 11.7. The van der Waals surface area contributed by atoms with Crippen molar-refractivity contribution < 1.29 is 4.79 Å². The Bertz CT molecular complexity index is 599. The Hall–Kier alpha value is -1.63. The van der Waals surface area contributed by atoms with Crippen molar-refractivity contribution in [3.8, 4) is 0 Å². The van der Waals surface area contributed by atoms with Gasteiger partial charge in [0.25, 0.3) is 0 Å². The van der Waals surface area contributed by atoms with E-state index in [1.165, 1.54) is 0 Å². The topological polar surface area (TPSA) is 69.6 Å². The van der Waals surface area contributed by atoms with E-state index < -0.39 is 0 Å². The first-order valence-electron chi connectivity index (χ1n) is 9.81. The van der Waals surface area contributed by atoms with Gasteiger partial charge in [0.2, 0.25) is 5.91 Å². The number of carbonyl (C=O) groups excluding carboxylic acids is 1. The number of aromatic nitrogens is 1. The third kappa shape index (κ3) is 5.97. The molecule has 0 spiro atoms. The molecule has 0 saturated carbocycles. The molecular weight excluding hydrogens is 346 g/mol. The van der Waals surface area contributed by atoms with Crippen LogP contribution in [0.25, 0.3) is 0 Å². The van der Waals surface area contributed by atoms with E-state index in [0.717, 1.165) is 55.6 Å². The second-order valence-electron chi connectivity index (χ2n) is 6.98. The number of hydrogen-bond acceptors (Lipinski definition) is 4. The van der Waals surface area contributed by atoms with E-state index in [1.807, 2.05) is 0 Å². The minimum atomic E-state index is 0.308. The van der Waals surface area contributed by atoms with E-state index in [1.54, 1.807) is 11.3 Å². The standard InChI is InChI=1S/C19H33N5OS/c1-5-15(24-11-7-8-18(24)25)9-10-21-19(20-6-2)22-12-17-23-16(13-26-17)14(3)4/h13-15H,5-12H2,1-4H3,(H2,20,21,22). The molecule has 6 nitrogen and oxygen atoms in total. The summed E-state index contributed by atoms with van der Waals surface area (Å²) in [4.78, 5) is 23.3. The fourth-order valence-corrected chi connectivity index (χ4v) is 4.02. The van der Waals surface area contributed by atoms with Gasteiger partial charge >= 0.3 is 0 Å². The number of rotatable bonds is 9. The Labute approximate surface area is 161 Å². The van der Waals surface area contributed by atoms with Crippen LogP contribution in [0.3, 0.4) is 0 Å². The summed E-state index contributed by atoms with van der Waals surface area (Å²) >= 11 is 1.67. The normalized spacial score (nSPS) is 16.4. The SMILES string of the molecule is CCNC(=NCc1nc(C(C)C)cs1)NCCC(CC)N1CCCC1=O. The number of guanidine groups is 1. The first kappa shape index (κ1) is 20.7. The zero-order valence-electron chi connectivity index (χ0n) is 16.5. The molecule has 0 radical (unpaired) electrons. The highest BCUT2D eigenvalue weighted by Gasteiger charge is 2.26. The molecule has 1 saturated heterocycles. The number of nitrogens with zero attached hydrogens (tertiary/aromatic N) is 3. The van der Waals surface area contributed by atoms with Gasteiger partial charge in [0, 0.05) is 37.5 Å². The van der Waals surface area contributed by atoms with Crippen molar-refractivity contribution in [1.29, 1.82) is 0 Å². The largest absolute Gasteiger partial charge is 0.357 e. The van der Waals surface area contributed by atoms with Crippen molar-refractivity contribution in [2.75, 3.05) is 19.6 Å². The predicted molar refractivity (Wildman–Crippen MR) is 109 cm³/mol. The van der Waals surface area contributed by atoms with Gasteiger partial charge in [0.1, 0.15) is 5.01 Å². The van der Waals surface area contributed by atoms with Crippen LogP contribution < -0.4 is 10.6 Å². The molecule has 1 aromatic heterocycles. The predicted octanol–water partition coefficient (Wildman–Crippen LogP) is 3.11. The zero-order chi connectivity index (χ0) is 18.9. The molecule has 1 unspecified atom stereocenters. The molecule has 1 fully saturated rings. The van der Waals surface area contributed by atoms with Crippen LogP contribution in [-0.4, -0.2) is 47.4 Å². The molecule has 2 rings (SSSR count). The van der Waals surface area contributed by atoms with Crippen LogP contribution in [0.15, 0.2) is 10.4 Å². The molecule has 0 aromatic carbocycles. The van der Waals surface area contributed by atoms with Crippen molar-refractivity contribution in [3.63, 3.8) is 0 Å². The zero-order valence-corrected chi connectivity index (χ0v) is 17.4. The molecular formula is C19H33N5OS. The van der Waals surface area contributed by atoms with Gasteiger partial charge < -0.3 is 15.5 Å². The molecule has 1 aliphatic heterocycles. The summed E-state index contributed by atoms with van der Waals surface area (Å²) in [5, 5.41) is 9.85. The second kappa shape index (κ2) is 10.5. The van der Waals surface area contributed by atoms with Crippen molar-refractivity contribution in [3.05, 3.63) is 16.1 Å². The highest BCUT2D eigenvalue weighted by molar-refractivity contribution is 7.09. The van der Waals surface area contributed by atoms with E-state index in [4.69, 9.17) is 0 Å². The smallest absolute Gasteiger partial charge is 0.222 e. The summed E-state index contributed by atoms with van der Waals surface area (Å²) in [7, 11) is 0. The van der Waals surface area contributed by atoms with Crippen molar-refractivity contribution in [1.82, 2.24) is 20.5 Å². The van der Waals surface area contributed by atoms with Gasteiger partial charge in [0.05, 0.1) is 12.2 Å². The monoisotopic (exact) mass is 379 g/mol. The van der Waals surface area contributed by atoms with Gasteiger partial charge in [-0.25, -0.2) is 9.98 Å². The average Bonchev–Trinajstić information content (AvgIpc) is 3.26. The summed E-state index contributed by atoms with van der Waals surface area (Å²) in [6, 6.07) is 0.327. The summed E-state index contributed by atoms with van der Waals surface area (Å²) in [6.07, 6.45) is 3.65. The van der Waals surface area contributed by atoms with E-state index in [0.29, 0.717) is 30.8 Å². The fraction of sp³-hybridized carbons (Fsp3) is 0.737. The van der Waals surface area contributed by atoms with E-state index in [-0.39, 0.29) is 0 Å². The molecule has 7 heteroatoms. The quantitative estimate of drug-likeness (QED) is 0.511. The number of thiazole rings is 1. The number of nitrogens with one attached hydrogen (secondary N) is 2. The van der Waals surface area contributed by atoms with Gasteiger partial charge in [-0.05, 0) is 32.1 Å². The van der Waals surface area contributed by atoms with E-state index in [2.05, 4.69) is 58.6 Å². The number of aliphatic imine (C=N–C) groups is 1. The van der Waals surface area contributed by atoms with E-state index >= 15 is 0 Å². The average molecular weight is 380 g/mol. The molecule has 0 aliphatic carbocycles. The highest BCUT2D eigenvalue weighted by Crippen LogP contribution is 2.19. The minimum Gasteiger partial charge on any atom is -0.357 e. The summed E-state index contributed by atoms with van der Waals surface area (Å²) < 4.78 is 0. The van der Waals surface area contributed by atoms with Crippen LogP contribution in [-0.2, 0) is 11.3 Å². The first-order chi connectivity index (χ1) is 12.5. The highest BCUT2D eigenvalue weighted by atomic mass is 32.1. The lowest BCUT2D eigenvalue weighted by atomic mass is 10.1. The molecule has 26 heavy (non-hydrogen) atoms. The molecule has 1 amide bonds. The summed E-state index contributed by atoms with van der Waals surface area (Å²) in [5.74, 6) is 1.58. The Morgan fingerprint density at radius 3 is 2.77 bits per heavy atom. The fourth-order valence-electron chi connectivity index (χ4n) is 3.14. The molecule has 0 bridgehead atoms. The third-order valence-electron chi connectivity index (χ3n) is 4.67. The van der Waals surface area contributed by atoms with Crippen LogP contribution in [0.1, 0.15) is 70.0 Å². The van der Waals surface area contributed by atoms with Crippen molar-refractivity contribution >= 4 is 23.2 Å². The molecule has 2 heterocycles. The van der Waals surface area contributed by atoms with Crippen LogP contribution in [0.4, 0.5) is 0 Å². The Kier molecular flexibility index (Phi) is 8.35. The Balaban J connectivity index is 1.85. The number of carbonyl (C=O) groups is 1. The van der Waals surface area contributed by atoms with E-state index in [9.17, 15) is 4.79 Å². The Morgan fingerprint density at radius 1 is 1.38 bits per heavy atom. The lowest BCUT2D eigenvalue weighted by molar-refractivity contribution is -0.129. The maximum absolute atomic E-state index is 11.9. The number of likely N-dealkylation sites (tertiary alicyclic amines) is 1. The molecule has 2 N–H and O–H groups in total. The van der Waals surface area contributed by atoms with Crippen LogP contribution in [0.5, 0.6) is 0 Å². The first-order valence-corrected chi connectivity index (χ1v) is 10.7. The maximum atomic E-state index is 11.9. The third-order valence-corrected chi connectivity index (χ3v) is 5.52. The van der Waals surface area contributed by atoms with Crippen LogP contribution >= 0.6 is 11.3 Å². The minimum absolute atomic E-state index is 0.308. The van der Waals surface area contributed by atoms with Crippen molar-refractivity contribution in [2.24, 2.45) is 4.99 Å². The molecule has 1 aromatic rings. The maximum Gasteiger partial charge on any atom is 0.222 e. The number of amides is 1. The van der Waals surface area contributed by atoms with Gasteiger partial charge in [-0.15, -0.1) is 11.3 Å². The van der Waals surface area contributed by atoms with Gasteiger partial charge in [-0.1, -0.05) is 20.8 Å². The van der Waals surface area contributed by atoms with Crippen LogP contribution in [0, 0.1) is 0 Å². The Morgan fingerprint density at radius 2 is 2.19 bits per heavy atom. The van der Waals surface area contributed by atoms with Gasteiger partial charge in [0.15, 0.2) is 5.96 Å². The molecule has 1 atom stereocenters. The number of hydrogen-bond donors (Lipinski definition) is 2. The van der Waals surface area contributed by atoms with Crippen molar-refractivity contribution in [2.45, 2.75) is 71.9 Å². The molecule has 1 aliphatic rings. The van der Waals surface area contributed by atoms with Gasteiger partial charge in [-0.2, -0.15) is 0 Å². The van der Waals surface area contributed by atoms with Crippen LogP contribution in [0.2, 0.25) is 0 Å². The van der Waals surface area contributed by atoms with Gasteiger partial charge in [-0.3, -0.25) is 4.79 Å².